The first kappa shape index (κ1) is 13.9. The second kappa shape index (κ2) is 6.60. The summed E-state index contributed by atoms with van der Waals surface area (Å²) in [6.45, 7) is 0.435. The van der Waals surface area contributed by atoms with Crippen molar-refractivity contribution in [1.82, 2.24) is 5.43 Å². The molecular formula is C16H15FN2O. The fourth-order valence-corrected chi connectivity index (χ4v) is 1.84. The lowest BCUT2D eigenvalue weighted by molar-refractivity contribution is 0.385. The topological polar surface area (TPSA) is 33.3 Å². The molecule has 0 heterocycles. The van der Waals surface area contributed by atoms with Crippen LogP contribution in [0.1, 0.15) is 11.1 Å². The third-order valence-corrected chi connectivity index (χ3v) is 2.76. The lowest BCUT2D eigenvalue weighted by atomic mass is 10.1. The molecule has 2 N–H and O–H groups in total. The first-order chi connectivity index (χ1) is 9.74. The molecule has 0 fully saturated rings. The van der Waals surface area contributed by atoms with E-state index in [9.17, 15) is 4.39 Å². The van der Waals surface area contributed by atoms with E-state index in [1.165, 1.54) is 13.2 Å². The smallest absolute Gasteiger partial charge is 0.170 e. The number of para-hydroxylation sites is 1. The van der Waals surface area contributed by atoms with E-state index in [1.807, 2.05) is 30.3 Å². The van der Waals surface area contributed by atoms with Gasteiger partial charge in [0.15, 0.2) is 11.6 Å². The molecule has 0 bridgehead atoms. The number of hydrazine groups is 1. The number of benzene rings is 2. The summed E-state index contributed by atoms with van der Waals surface area (Å²) in [5, 5.41) is 0. The minimum Gasteiger partial charge on any atom is -0.492 e. The van der Waals surface area contributed by atoms with Crippen LogP contribution in [0.25, 0.3) is 0 Å². The number of terminal acetylenes is 1. The van der Waals surface area contributed by atoms with Crippen LogP contribution in [0.2, 0.25) is 0 Å². The molecule has 0 aliphatic carbocycles. The summed E-state index contributed by atoms with van der Waals surface area (Å²) in [4.78, 5) is 0. The minimum absolute atomic E-state index is 0.104. The molecule has 0 amide bonds. The maximum atomic E-state index is 13.8. The van der Waals surface area contributed by atoms with E-state index in [0.29, 0.717) is 12.1 Å². The molecule has 0 spiro atoms. The van der Waals surface area contributed by atoms with Gasteiger partial charge >= 0.3 is 0 Å². The molecule has 102 valence electrons. The lowest BCUT2D eigenvalue weighted by Crippen LogP contribution is -2.21. The molecule has 20 heavy (non-hydrogen) atoms. The average molecular weight is 270 g/mol. The number of nitrogens with one attached hydrogen (secondary N) is 2. The lowest BCUT2D eigenvalue weighted by Gasteiger charge is -2.11. The quantitative estimate of drug-likeness (QED) is 0.647. The molecule has 0 saturated carbocycles. The predicted molar refractivity (Wildman–Crippen MR) is 77.8 cm³/mol. The molecular weight excluding hydrogens is 255 g/mol. The van der Waals surface area contributed by atoms with Crippen LogP contribution in [0.4, 0.5) is 10.1 Å². The summed E-state index contributed by atoms with van der Waals surface area (Å²) in [6, 6.07) is 12.8. The van der Waals surface area contributed by atoms with Crippen molar-refractivity contribution >= 4 is 5.69 Å². The molecule has 2 aromatic carbocycles. The van der Waals surface area contributed by atoms with Gasteiger partial charge in [-0.1, -0.05) is 24.1 Å². The zero-order chi connectivity index (χ0) is 14.4. The molecule has 2 rings (SSSR count). The van der Waals surface area contributed by atoms with Crippen LogP contribution in [-0.4, -0.2) is 7.11 Å². The van der Waals surface area contributed by atoms with E-state index < -0.39 is 5.82 Å². The Labute approximate surface area is 117 Å². The van der Waals surface area contributed by atoms with Gasteiger partial charge in [-0.25, -0.2) is 9.82 Å². The molecule has 0 atom stereocenters. The first-order valence-corrected chi connectivity index (χ1v) is 6.11. The van der Waals surface area contributed by atoms with Crippen LogP contribution in [0.5, 0.6) is 5.75 Å². The highest BCUT2D eigenvalue weighted by molar-refractivity contribution is 5.48. The third kappa shape index (κ3) is 3.28. The molecule has 4 heteroatoms. The van der Waals surface area contributed by atoms with Gasteiger partial charge in [0, 0.05) is 12.2 Å². The maximum absolute atomic E-state index is 13.8. The van der Waals surface area contributed by atoms with Gasteiger partial charge in [-0.2, -0.15) is 0 Å². The number of rotatable bonds is 5. The molecule has 0 aliphatic heterocycles. The summed E-state index contributed by atoms with van der Waals surface area (Å²) < 4.78 is 18.7. The molecule has 0 aromatic heterocycles. The molecule has 0 radical (unpaired) electrons. The zero-order valence-corrected chi connectivity index (χ0v) is 11.1. The van der Waals surface area contributed by atoms with Crippen molar-refractivity contribution in [1.29, 1.82) is 0 Å². The molecule has 2 aromatic rings. The van der Waals surface area contributed by atoms with Crippen molar-refractivity contribution in [2.45, 2.75) is 6.54 Å². The summed E-state index contributed by atoms with van der Waals surface area (Å²) in [6.07, 6.45) is 5.35. The van der Waals surface area contributed by atoms with Gasteiger partial charge in [0.1, 0.15) is 0 Å². The van der Waals surface area contributed by atoms with Crippen molar-refractivity contribution in [2.75, 3.05) is 12.5 Å². The number of hydrogen-bond donors (Lipinski definition) is 2. The van der Waals surface area contributed by atoms with Gasteiger partial charge in [-0.05, 0) is 29.8 Å². The Kier molecular flexibility index (Phi) is 4.59. The van der Waals surface area contributed by atoms with Crippen LogP contribution < -0.4 is 15.6 Å². The SMILES string of the molecule is C#Cc1cc(CNNc2ccccc2)cc(F)c1OC. The summed E-state index contributed by atoms with van der Waals surface area (Å²) in [7, 11) is 1.40. The maximum Gasteiger partial charge on any atom is 0.170 e. The molecule has 3 nitrogen and oxygen atoms in total. The van der Waals surface area contributed by atoms with Gasteiger partial charge in [0.2, 0.25) is 0 Å². The number of ether oxygens (including phenoxy) is 1. The van der Waals surface area contributed by atoms with Gasteiger partial charge in [0.25, 0.3) is 0 Å². The Morgan fingerprint density at radius 3 is 2.65 bits per heavy atom. The predicted octanol–water partition coefficient (Wildman–Crippen LogP) is 2.93. The average Bonchev–Trinajstić information content (AvgIpc) is 2.47. The van der Waals surface area contributed by atoms with Crippen LogP contribution in [0.15, 0.2) is 42.5 Å². The van der Waals surface area contributed by atoms with Gasteiger partial charge in [-0.15, -0.1) is 6.42 Å². The van der Waals surface area contributed by atoms with Gasteiger partial charge in [0.05, 0.1) is 12.7 Å². The second-order valence-electron chi connectivity index (χ2n) is 4.15. The Bertz CT molecular complexity index is 620. The summed E-state index contributed by atoms with van der Waals surface area (Å²) in [5.41, 5.74) is 8.10. The van der Waals surface area contributed by atoms with E-state index in [4.69, 9.17) is 11.2 Å². The Morgan fingerprint density at radius 2 is 2.00 bits per heavy atom. The second-order valence-corrected chi connectivity index (χ2v) is 4.15. The number of methoxy groups -OCH3 is 1. The van der Waals surface area contributed by atoms with Crippen molar-refractivity contribution in [3.8, 4) is 18.1 Å². The van der Waals surface area contributed by atoms with E-state index in [0.717, 1.165) is 11.3 Å². The Hall–Kier alpha value is -2.51. The van der Waals surface area contributed by atoms with Gasteiger partial charge < -0.3 is 10.2 Å². The Morgan fingerprint density at radius 1 is 1.25 bits per heavy atom. The standard InChI is InChI=1S/C16H15FN2O/c1-3-13-9-12(10-15(17)16(13)20-2)11-18-19-14-7-5-4-6-8-14/h1,4-10,18-19H,11H2,2H3. The fraction of sp³-hybridized carbons (Fsp3) is 0.125. The third-order valence-electron chi connectivity index (χ3n) is 2.76. The van der Waals surface area contributed by atoms with Crippen LogP contribution >= 0.6 is 0 Å². The highest BCUT2D eigenvalue weighted by Crippen LogP contribution is 2.23. The molecule has 0 aliphatic rings. The highest BCUT2D eigenvalue weighted by atomic mass is 19.1. The van der Waals surface area contributed by atoms with E-state index >= 15 is 0 Å². The summed E-state index contributed by atoms with van der Waals surface area (Å²) in [5.74, 6) is 2.07. The van der Waals surface area contributed by atoms with Crippen LogP contribution in [0.3, 0.4) is 0 Å². The van der Waals surface area contributed by atoms with Crippen molar-refractivity contribution in [3.63, 3.8) is 0 Å². The van der Waals surface area contributed by atoms with Gasteiger partial charge in [-0.3, -0.25) is 0 Å². The van der Waals surface area contributed by atoms with Crippen molar-refractivity contribution in [3.05, 3.63) is 59.4 Å². The van der Waals surface area contributed by atoms with Crippen LogP contribution in [0, 0.1) is 18.2 Å². The summed E-state index contributed by atoms with van der Waals surface area (Å²) >= 11 is 0. The monoisotopic (exact) mass is 270 g/mol. The zero-order valence-electron chi connectivity index (χ0n) is 11.1. The van der Waals surface area contributed by atoms with E-state index in [1.54, 1.807) is 6.07 Å². The number of hydrogen-bond acceptors (Lipinski definition) is 3. The number of anilines is 1. The van der Waals surface area contributed by atoms with Crippen molar-refractivity contribution in [2.24, 2.45) is 0 Å². The largest absolute Gasteiger partial charge is 0.492 e. The molecule has 0 unspecified atom stereocenters. The first-order valence-electron chi connectivity index (χ1n) is 6.11. The number of halogens is 1. The molecule has 0 saturated heterocycles. The van der Waals surface area contributed by atoms with Crippen LogP contribution in [-0.2, 0) is 6.54 Å². The fourth-order valence-electron chi connectivity index (χ4n) is 1.84. The Balaban J connectivity index is 2.04. The van der Waals surface area contributed by atoms with E-state index in [-0.39, 0.29) is 5.75 Å². The van der Waals surface area contributed by atoms with E-state index in [2.05, 4.69) is 16.8 Å². The minimum atomic E-state index is -0.459. The van der Waals surface area contributed by atoms with Crippen molar-refractivity contribution < 1.29 is 9.13 Å². The highest BCUT2D eigenvalue weighted by Gasteiger charge is 2.09. The normalized spacial score (nSPS) is 9.85.